The predicted octanol–water partition coefficient (Wildman–Crippen LogP) is 3.88. The third-order valence-corrected chi connectivity index (χ3v) is 7.09. The van der Waals surface area contributed by atoms with Crippen molar-refractivity contribution >= 4 is 8.24 Å². The standard InChI is InChI=1S/C13H25NSi/c1-6-10-15(11-7-2,12-8-3)14-13(5)9-4/h6-8,13-14H,1-3,9-12H2,4-5H3. The first kappa shape index (κ1) is 14.4. The number of hydrogen-bond donors (Lipinski definition) is 1. The second-order valence-corrected chi connectivity index (χ2v) is 8.29. The van der Waals surface area contributed by atoms with Gasteiger partial charge in [-0.2, -0.15) is 0 Å². The fourth-order valence-electron chi connectivity index (χ4n) is 1.88. The average molecular weight is 223 g/mol. The molecule has 0 amide bonds. The quantitative estimate of drug-likeness (QED) is 0.462. The smallest absolute Gasteiger partial charge is 0.137 e. The van der Waals surface area contributed by atoms with Crippen LogP contribution in [0.5, 0.6) is 0 Å². The molecule has 0 spiro atoms. The lowest BCUT2D eigenvalue weighted by atomic mass is 10.3. The largest absolute Gasteiger partial charge is 0.334 e. The summed E-state index contributed by atoms with van der Waals surface area (Å²) >= 11 is 0. The molecule has 0 aliphatic rings. The molecule has 1 N–H and O–H groups in total. The summed E-state index contributed by atoms with van der Waals surface area (Å²) < 4.78 is 0. The lowest BCUT2D eigenvalue weighted by Gasteiger charge is -2.33. The van der Waals surface area contributed by atoms with E-state index in [2.05, 4.69) is 38.6 Å². The van der Waals surface area contributed by atoms with E-state index in [1.165, 1.54) is 6.42 Å². The summed E-state index contributed by atoms with van der Waals surface area (Å²) in [6.07, 6.45) is 7.28. The van der Waals surface area contributed by atoms with Gasteiger partial charge in [-0.15, -0.1) is 19.7 Å². The zero-order valence-electron chi connectivity index (χ0n) is 10.3. The van der Waals surface area contributed by atoms with Crippen molar-refractivity contribution in [1.82, 2.24) is 4.98 Å². The van der Waals surface area contributed by atoms with Gasteiger partial charge in [0.1, 0.15) is 8.24 Å². The third kappa shape index (κ3) is 5.14. The van der Waals surface area contributed by atoms with Gasteiger partial charge >= 0.3 is 0 Å². The molecule has 0 saturated heterocycles. The summed E-state index contributed by atoms with van der Waals surface area (Å²) in [7, 11) is -1.48. The Kier molecular flexibility index (Phi) is 7.35. The lowest BCUT2D eigenvalue weighted by Crippen LogP contribution is -2.53. The van der Waals surface area contributed by atoms with Crippen LogP contribution in [0.1, 0.15) is 20.3 Å². The molecule has 86 valence electrons. The fourth-order valence-corrected chi connectivity index (χ4v) is 5.64. The first-order valence-electron chi connectivity index (χ1n) is 5.74. The van der Waals surface area contributed by atoms with Gasteiger partial charge < -0.3 is 4.98 Å². The topological polar surface area (TPSA) is 12.0 Å². The number of allylic oxidation sites excluding steroid dienone is 3. The van der Waals surface area contributed by atoms with E-state index in [0.29, 0.717) is 6.04 Å². The van der Waals surface area contributed by atoms with Crippen LogP contribution in [-0.2, 0) is 0 Å². The second kappa shape index (κ2) is 7.66. The molecule has 0 heterocycles. The van der Waals surface area contributed by atoms with Crippen molar-refractivity contribution < 1.29 is 0 Å². The molecule has 1 atom stereocenters. The van der Waals surface area contributed by atoms with Crippen molar-refractivity contribution in [1.29, 1.82) is 0 Å². The van der Waals surface area contributed by atoms with Gasteiger partial charge in [-0.25, -0.2) is 0 Å². The van der Waals surface area contributed by atoms with E-state index in [4.69, 9.17) is 0 Å². The molecule has 0 fully saturated rings. The maximum absolute atomic E-state index is 3.87. The third-order valence-electron chi connectivity index (χ3n) is 2.77. The maximum Gasteiger partial charge on any atom is 0.137 e. The van der Waals surface area contributed by atoms with Gasteiger partial charge in [-0.1, -0.05) is 32.1 Å². The molecule has 0 saturated carbocycles. The monoisotopic (exact) mass is 223 g/mol. The predicted molar refractivity (Wildman–Crippen MR) is 73.7 cm³/mol. The van der Waals surface area contributed by atoms with Crippen LogP contribution in [0, 0.1) is 0 Å². The summed E-state index contributed by atoms with van der Waals surface area (Å²) in [5, 5.41) is 0. The van der Waals surface area contributed by atoms with Crippen molar-refractivity contribution in [2.45, 2.75) is 44.4 Å². The summed E-state index contributed by atoms with van der Waals surface area (Å²) in [5.74, 6) is 0. The molecule has 0 aromatic rings. The maximum atomic E-state index is 3.87. The first-order valence-corrected chi connectivity index (χ1v) is 8.36. The summed E-state index contributed by atoms with van der Waals surface area (Å²) in [6.45, 7) is 16.1. The molecule has 0 aromatic carbocycles. The molecule has 2 heteroatoms. The van der Waals surface area contributed by atoms with E-state index >= 15 is 0 Å². The van der Waals surface area contributed by atoms with E-state index in [-0.39, 0.29) is 0 Å². The lowest BCUT2D eigenvalue weighted by molar-refractivity contribution is 0.637. The molecule has 0 bridgehead atoms. The van der Waals surface area contributed by atoms with Crippen LogP contribution in [-0.4, -0.2) is 14.3 Å². The fraction of sp³-hybridized carbons (Fsp3) is 0.538. The summed E-state index contributed by atoms with van der Waals surface area (Å²) in [4.78, 5) is 3.81. The van der Waals surface area contributed by atoms with Gasteiger partial charge in [0.05, 0.1) is 0 Å². The zero-order valence-corrected chi connectivity index (χ0v) is 11.3. The van der Waals surface area contributed by atoms with Crippen LogP contribution in [0.2, 0.25) is 18.1 Å². The first-order chi connectivity index (χ1) is 7.14. The average Bonchev–Trinajstić information content (AvgIpc) is 2.18. The van der Waals surface area contributed by atoms with Gasteiger partial charge in [0.15, 0.2) is 0 Å². The van der Waals surface area contributed by atoms with Gasteiger partial charge in [0.25, 0.3) is 0 Å². The Morgan fingerprint density at radius 1 is 1.07 bits per heavy atom. The van der Waals surface area contributed by atoms with E-state index in [9.17, 15) is 0 Å². The number of nitrogens with one attached hydrogen (secondary N) is 1. The molecule has 0 aliphatic carbocycles. The van der Waals surface area contributed by atoms with E-state index in [0.717, 1.165) is 18.1 Å². The van der Waals surface area contributed by atoms with Gasteiger partial charge in [0, 0.05) is 0 Å². The Morgan fingerprint density at radius 2 is 1.47 bits per heavy atom. The van der Waals surface area contributed by atoms with E-state index in [1.54, 1.807) is 0 Å². The Balaban J connectivity index is 4.65. The van der Waals surface area contributed by atoms with Crippen LogP contribution in [0.15, 0.2) is 38.0 Å². The Hall–Kier alpha value is -0.603. The molecule has 0 aromatic heterocycles. The van der Waals surface area contributed by atoms with Gasteiger partial charge in [-0.05, 0) is 30.6 Å². The minimum Gasteiger partial charge on any atom is -0.334 e. The SMILES string of the molecule is C=CC[Si](CC=C)(CC=C)NC(C)CC. The highest BCUT2D eigenvalue weighted by atomic mass is 28.3. The normalized spacial score (nSPS) is 13.2. The van der Waals surface area contributed by atoms with Crippen LogP contribution in [0.25, 0.3) is 0 Å². The zero-order chi connectivity index (χ0) is 11.7. The van der Waals surface area contributed by atoms with Crippen molar-refractivity contribution in [2.24, 2.45) is 0 Å². The molecule has 0 radical (unpaired) electrons. The van der Waals surface area contributed by atoms with Crippen molar-refractivity contribution in [3.63, 3.8) is 0 Å². The van der Waals surface area contributed by atoms with E-state index < -0.39 is 8.24 Å². The van der Waals surface area contributed by atoms with Crippen LogP contribution in [0.3, 0.4) is 0 Å². The number of rotatable bonds is 9. The van der Waals surface area contributed by atoms with Crippen molar-refractivity contribution in [3.8, 4) is 0 Å². The highest BCUT2D eigenvalue weighted by Gasteiger charge is 2.29. The molecule has 0 rings (SSSR count). The summed E-state index contributed by atoms with van der Waals surface area (Å²) in [5.41, 5.74) is 0. The molecular weight excluding hydrogens is 198 g/mol. The molecule has 1 unspecified atom stereocenters. The van der Waals surface area contributed by atoms with Crippen molar-refractivity contribution in [3.05, 3.63) is 38.0 Å². The molecular formula is C13H25NSi. The minimum absolute atomic E-state index is 0.580. The van der Waals surface area contributed by atoms with Crippen LogP contribution < -0.4 is 4.98 Å². The molecule has 0 aliphatic heterocycles. The Bertz CT molecular complexity index is 184. The number of hydrogen-bond acceptors (Lipinski definition) is 1. The second-order valence-electron chi connectivity index (χ2n) is 4.21. The Morgan fingerprint density at radius 3 is 1.73 bits per heavy atom. The molecule has 1 nitrogen and oxygen atoms in total. The van der Waals surface area contributed by atoms with Gasteiger partial charge in [-0.3, -0.25) is 0 Å². The van der Waals surface area contributed by atoms with Gasteiger partial charge in [0.2, 0.25) is 0 Å². The highest BCUT2D eigenvalue weighted by Crippen LogP contribution is 2.20. The molecule has 15 heavy (non-hydrogen) atoms. The summed E-state index contributed by atoms with van der Waals surface area (Å²) in [6, 6.07) is 3.86. The van der Waals surface area contributed by atoms with E-state index in [1.807, 2.05) is 18.2 Å². The van der Waals surface area contributed by atoms with Crippen LogP contribution >= 0.6 is 0 Å². The highest BCUT2D eigenvalue weighted by molar-refractivity contribution is 6.78. The van der Waals surface area contributed by atoms with Crippen molar-refractivity contribution in [2.75, 3.05) is 0 Å². The Labute approximate surface area is 96.1 Å². The van der Waals surface area contributed by atoms with Crippen LogP contribution in [0.4, 0.5) is 0 Å². The minimum atomic E-state index is -1.48.